The lowest BCUT2D eigenvalue weighted by Crippen LogP contribution is -2.29. The van der Waals surface area contributed by atoms with Crippen LogP contribution in [0.15, 0.2) is 22.2 Å². The van der Waals surface area contributed by atoms with E-state index in [1.165, 1.54) is 24.2 Å². The fourth-order valence-electron chi connectivity index (χ4n) is 2.23. The molecule has 2 N–H and O–H groups in total. The van der Waals surface area contributed by atoms with E-state index in [0.717, 1.165) is 18.2 Å². The topological polar surface area (TPSA) is 73.8 Å². The Hall–Kier alpha value is -1.56. The molecule has 0 spiro atoms. The van der Waals surface area contributed by atoms with Crippen LogP contribution in [-0.4, -0.2) is 20.8 Å². The van der Waals surface area contributed by atoms with Gasteiger partial charge in [-0.2, -0.15) is 0 Å². The molecule has 3 rings (SSSR count). The quantitative estimate of drug-likeness (QED) is 0.660. The van der Waals surface area contributed by atoms with Crippen LogP contribution in [-0.2, 0) is 0 Å². The van der Waals surface area contributed by atoms with Gasteiger partial charge >= 0.3 is 0 Å². The van der Waals surface area contributed by atoms with Crippen molar-refractivity contribution in [3.63, 3.8) is 0 Å². The van der Waals surface area contributed by atoms with E-state index >= 15 is 0 Å². The van der Waals surface area contributed by atoms with Gasteiger partial charge in [-0.25, -0.2) is 9.97 Å². The Labute approximate surface area is 108 Å². The van der Waals surface area contributed by atoms with Crippen LogP contribution in [0.5, 0.6) is 0 Å². The number of hydrogen-bond acceptors (Lipinski definition) is 5. The maximum atomic E-state index is 12.1. The monoisotopic (exact) mass is 262 g/mol. The minimum Gasteiger partial charge on any atom is -0.398 e. The van der Waals surface area contributed by atoms with Crippen molar-refractivity contribution in [3.05, 3.63) is 22.6 Å². The predicted octanol–water partition coefficient (Wildman–Crippen LogP) is 1.82. The van der Waals surface area contributed by atoms with Crippen LogP contribution in [0, 0.1) is 0 Å². The highest BCUT2D eigenvalue weighted by Gasteiger charge is 2.23. The summed E-state index contributed by atoms with van der Waals surface area (Å²) in [6.45, 7) is 0. The molecule has 2 aromatic heterocycles. The van der Waals surface area contributed by atoms with Crippen LogP contribution in [0.1, 0.15) is 25.3 Å². The molecule has 1 saturated carbocycles. The van der Waals surface area contributed by atoms with Gasteiger partial charge in [0, 0.05) is 24.0 Å². The molecular weight excluding hydrogens is 248 g/mol. The highest BCUT2D eigenvalue weighted by atomic mass is 32.2. The molecule has 0 aliphatic heterocycles. The second-order valence-electron chi connectivity index (χ2n) is 4.49. The third-order valence-electron chi connectivity index (χ3n) is 3.42. The molecule has 0 atom stereocenters. The van der Waals surface area contributed by atoms with Crippen molar-refractivity contribution < 1.29 is 0 Å². The van der Waals surface area contributed by atoms with E-state index in [1.807, 2.05) is 6.26 Å². The number of thioether (sulfide) groups is 1. The molecule has 0 aromatic carbocycles. The number of nitrogen functional groups attached to an aromatic ring is 1. The Morgan fingerprint density at radius 2 is 2.28 bits per heavy atom. The predicted molar refractivity (Wildman–Crippen MR) is 72.9 cm³/mol. The van der Waals surface area contributed by atoms with E-state index in [2.05, 4.69) is 9.97 Å². The van der Waals surface area contributed by atoms with Crippen molar-refractivity contribution in [3.8, 4) is 0 Å². The fraction of sp³-hybridized carbons (Fsp3) is 0.417. The summed E-state index contributed by atoms with van der Waals surface area (Å²) in [5, 5.41) is 1.43. The Kier molecular flexibility index (Phi) is 2.74. The standard InChI is InChI=1S/C12H14N4OS/c1-18-12-14-6-8-9(13)5-10(17)16(11(8)15-12)7-3-2-4-7/h5-7H,2-4,13H2,1H3. The van der Waals surface area contributed by atoms with E-state index < -0.39 is 0 Å². The number of pyridine rings is 1. The van der Waals surface area contributed by atoms with Crippen LogP contribution in [0.4, 0.5) is 5.69 Å². The summed E-state index contributed by atoms with van der Waals surface area (Å²) >= 11 is 1.46. The van der Waals surface area contributed by atoms with Gasteiger partial charge in [0.25, 0.3) is 5.56 Å². The number of anilines is 1. The molecule has 18 heavy (non-hydrogen) atoms. The largest absolute Gasteiger partial charge is 0.398 e. The van der Waals surface area contributed by atoms with Crippen LogP contribution in [0.2, 0.25) is 0 Å². The lowest BCUT2D eigenvalue weighted by atomic mass is 9.92. The molecular formula is C12H14N4OS. The first-order valence-electron chi connectivity index (χ1n) is 5.92. The van der Waals surface area contributed by atoms with Crippen molar-refractivity contribution in [1.82, 2.24) is 14.5 Å². The van der Waals surface area contributed by atoms with Crippen LogP contribution in [0.25, 0.3) is 11.0 Å². The molecule has 2 heterocycles. The highest BCUT2D eigenvalue weighted by molar-refractivity contribution is 7.98. The summed E-state index contributed by atoms with van der Waals surface area (Å²) in [5.41, 5.74) is 6.94. The molecule has 0 unspecified atom stereocenters. The van der Waals surface area contributed by atoms with Gasteiger partial charge in [-0.1, -0.05) is 11.8 Å². The Bertz CT molecular complexity index is 663. The van der Waals surface area contributed by atoms with Crippen molar-refractivity contribution in [2.24, 2.45) is 0 Å². The minimum atomic E-state index is -0.0598. The number of nitrogens with zero attached hydrogens (tertiary/aromatic N) is 3. The SMILES string of the molecule is CSc1ncc2c(N)cc(=O)n(C3CCC3)c2n1. The Morgan fingerprint density at radius 3 is 2.89 bits per heavy atom. The van der Waals surface area contributed by atoms with Gasteiger partial charge in [-0.3, -0.25) is 9.36 Å². The Balaban J connectivity index is 2.33. The van der Waals surface area contributed by atoms with Crippen LogP contribution < -0.4 is 11.3 Å². The first kappa shape index (κ1) is 11.5. The van der Waals surface area contributed by atoms with E-state index in [1.54, 1.807) is 10.8 Å². The number of nitrogens with two attached hydrogens (primary N) is 1. The van der Waals surface area contributed by atoms with Gasteiger partial charge in [0.05, 0.1) is 5.39 Å². The zero-order valence-corrected chi connectivity index (χ0v) is 10.9. The third-order valence-corrected chi connectivity index (χ3v) is 3.99. The van der Waals surface area contributed by atoms with Crippen molar-refractivity contribution >= 4 is 28.5 Å². The van der Waals surface area contributed by atoms with Gasteiger partial charge in [0.15, 0.2) is 5.16 Å². The fourth-order valence-corrected chi connectivity index (χ4v) is 2.56. The molecule has 2 aromatic rings. The summed E-state index contributed by atoms with van der Waals surface area (Å²) in [6.07, 6.45) is 6.87. The average Bonchev–Trinajstić information content (AvgIpc) is 2.31. The molecule has 0 bridgehead atoms. The van der Waals surface area contributed by atoms with Gasteiger partial charge < -0.3 is 5.73 Å². The highest BCUT2D eigenvalue weighted by Crippen LogP contribution is 2.33. The third kappa shape index (κ3) is 1.68. The zero-order chi connectivity index (χ0) is 12.7. The zero-order valence-electron chi connectivity index (χ0n) is 10.1. The van der Waals surface area contributed by atoms with Gasteiger partial charge in [0.2, 0.25) is 0 Å². The molecule has 0 radical (unpaired) electrons. The second-order valence-corrected chi connectivity index (χ2v) is 5.26. The van der Waals surface area contributed by atoms with E-state index in [4.69, 9.17) is 5.73 Å². The van der Waals surface area contributed by atoms with Gasteiger partial charge in [-0.05, 0) is 25.5 Å². The Morgan fingerprint density at radius 1 is 1.50 bits per heavy atom. The van der Waals surface area contributed by atoms with Crippen molar-refractivity contribution in [1.29, 1.82) is 0 Å². The second kappa shape index (κ2) is 4.28. The molecule has 1 aliphatic carbocycles. The lowest BCUT2D eigenvalue weighted by molar-refractivity contribution is 0.313. The van der Waals surface area contributed by atoms with E-state index in [-0.39, 0.29) is 11.6 Å². The van der Waals surface area contributed by atoms with Gasteiger partial charge in [-0.15, -0.1) is 0 Å². The maximum absolute atomic E-state index is 12.1. The molecule has 1 fully saturated rings. The number of rotatable bonds is 2. The van der Waals surface area contributed by atoms with Crippen molar-refractivity contribution in [2.75, 3.05) is 12.0 Å². The lowest BCUT2D eigenvalue weighted by Gasteiger charge is -2.28. The summed E-state index contributed by atoms with van der Waals surface area (Å²) in [5.74, 6) is 0. The maximum Gasteiger partial charge on any atom is 0.254 e. The summed E-state index contributed by atoms with van der Waals surface area (Å²) in [6, 6.07) is 1.74. The molecule has 0 amide bonds. The van der Waals surface area contributed by atoms with Gasteiger partial charge in [0.1, 0.15) is 5.65 Å². The molecule has 0 saturated heterocycles. The molecule has 5 nitrogen and oxygen atoms in total. The van der Waals surface area contributed by atoms with E-state index in [0.29, 0.717) is 16.5 Å². The average molecular weight is 262 g/mol. The first-order valence-corrected chi connectivity index (χ1v) is 7.15. The molecule has 94 valence electrons. The molecule has 6 heteroatoms. The summed E-state index contributed by atoms with van der Waals surface area (Å²) < 4.78 is 1.77. The smallest absolute Gasteiger partial charge is 0.254 e. The van der Waals surface area contributed by atoms with Crippen LogP contribution in [0.3, 0.4) is 0 Å². The summed E-state index contributed by atoms with van der Waals surface area (Å²) in [7, 11) is 0. The van der Waals surface area contributed by atoms with Crippen LogP contribution >= 0.6 is 11.8 Å². The first-order chi connectivity index (χ1) is 8.70. The van der Waals surface area contributed by atoms with E-state index in [9.17, 15) is 4.79 Å². The number of fused-ring (bicyclic) bond motifs is 1. The number of hydrogen-bond donors (Lipinski definition) is 1. The summed E-state index contributed by atoms with van der Waals surface area (Å²) in [4.78, 5) is 20.8. The number of aromatic nitrogens is 3. The normalized spacial score (nSPS) is 15.8. The van der Waals surface area contributed by atoms with Crippen molar-refractivity contribution in [2.45, 2.75) is 30.5 Å². The minimum absolute atomic E-state index is 0.0598. The molecule has 1 aliphatic rings.